The van der Waals surface area contributed by atoms with Gasteiger partial charge in [0.1, 0.15) is 0 Å². The lowest BCUT2D eigenvalue weighted by atomic mass is 10.1. The Morgan fingerprint density at radius 3 is 2.37 bits per heavy atom. The third-order valence-electron chi connectivity index (χ3n) is 3.14. The summed E-state index contributed by atoms with van der Waals surface area (Å²) in [6, 6.07) is 14.6. The maximum atomic E-state index is 6.15. The van der Waals surface area contributed by atoms with E-state index in [0.29, 0.717) is 0 Å². The van der Waals surface area contributed by atoms with E-state index in [0.717, 1.165) is 22.6 Å². The molecule has 2 rings (SSSR count). The van der Waals surface area contributed by atoms with Gasteiger partial charge in [0.15, 0.2) is 0 Å². The van der Waals surface area contributed by atoms with Gasteiger partial charge in [-0.25, -0.2) is 0 Å². The van der Waals surface area contributed by atoms with Crippen molar-refractivity contribution in [1.82, 2.24) is 0 Å². The van der Waals surface area contributed by atoms with E-state index in [2.05, 4.69) is 65.0 Å². The Kier molecular flexibility index (Phi) is 4.89. The second kappa shape index (κ2) is 6.44. The molecule has 2 aromatic rings. The average Bonchev–Trinajstić information content (AvgIpc) is 2.42. The maximum absolute atomic E-state index is 6.15. The smallest absolute Gasteiger partial charge is 0.0466 e. The van der Waals surface area contributed by atoms with Crippen molar-refractivity contribution in [3.05, 3.63) is 58.6 Å². The fourth-order valence-corrected chi connectivity index (χ4v) is 2.76. The lowest BCUT2D eigenvalue weighted by Gasteiger charge is -2.26. The molecule has 0 fully saturated rings. The van der Waals surface area contributed by atoms with Crippen LogP contribution in [0.4, 0.5) is 11.4 Å². The zero-order valence-electron chi connectivity index (χ0n) is 11.2. The maximum Gasteiger partial charge on any atom is 0.0466 e. The van der Waals surface area contributed by atoms with Crippen molar-refractivity contribution < 1.29 is 0 Å². The number of aryl methyl sites for hydroxylation is 1. The third kappa shape index (κ3) is 3.31. The van der Waals surface area contributed by atoms with Crippen LogP contribution in [0.3, 0.4) is 0 Å². The fourth-order valence-electron chi connectivity index (χ4n) is 2.12. The number of halogens is 2. The summed E-state index contributed by atoms with van der Waals surface area (Å²) in [7, 11) is 0. The monoisotopic (exact) mass is 337 g/mol. The highest BCUT2D eigenvalue weighted by atomic mass is 79.9. The molecule has 2 aromatic carbocycles. The van der Waals surface area contributed by atoms with Crippen LogP contribution in [-0.4, -0.2) is 6.54 Å². The molecule has 1 nitrogen and oxygen atoms in total. The number of rotatable bonds is 4. The van der Waals surface area contributed by atoms with Crippen molar-refractivity contribution in [3.8, 4) is 0 Å². The number of anilines is 2. The van der Waals surface area contributed by atoms with Gasteiger partial charge in [0.25, 0.3) is 0 Å². The normalized spacial score (nSPS) is 10.5. The molecular formula is C16H17BrClN. The molecular weight excluding hydrogens is 322 g/mol. The lowest BCUT2D eigenvalue weighted by Crippen LogP contribution is -2.17. The van der Waals surface area contributed by atoms with Crippen molar-refractivity contribution in [3.63, 3.8) is 0 Å². The van der Waals surface area contributed by atoms with E-state index in [1.807, 2.05) is 12.1 Å². The summed E-state index contributed by atoms with van der Waals surface area (Å²) in [6.07, 6.45) is 0. The molecule has 0 radical (unpaired) electrons. The van der Waals surface area contributed by atoms with Crippen LogP contribution in [0.25, 0.3) is 0 Å². The van der Waals surface area contributed by atoms with E-state index >= 15 is 0 Å². The molecule has 0 heterocycles. The molecule has 3 heteroatoms. The molecule has 0 aliphatic heterocycles. The standard InChI is InChI=1S/C16H17BrClN/c1-3-19(15-8-4-12(2)5-9-15)16-10-14(18)7-6-13(16)11-17/h4-10H,3,11H2,1-2H3. The Morgan fingerprint density at radius 2 is 1.79 bits per heavy atom. The van der Waals surface area contributed by atoms with Crippen molar-refractivity contribution in [1.29, 1.82) is 0 Å². The summed E-state index contributed by atoms with van der Waals surface area (Å²) in [5.41, 5.74) is 4.87. The third-order valence-corrected chi connectivity index (χ3v) is 3.98. The van der Waals surface area contributed by atoms with Gasteiger partial charge < -0.3 is 4.90 Å². The first kappa shape index (κ1) is 14.4. The van der Waals surface area contributed by atoms with Crippen LogP contribution in [0.5, 0.6) is 0 Å². The van der Waals surface area contributed by atoms with E-state index in [9.17, 15) is 0 Å². The highest BCUT2D eigenvalue weighted by molar-refractivity contribution is 9.08. The van der Waals surface area contributed by atoms with Crippen molar-refractivity contribution in [2.24, 2.45) is 0 Å². The summed E-state index contributed by atoms with van der Waals surface area (Å²) in [5.74, 6) is 0. The van der Waals surface area contributed by atoms with Gasteiger partial charge in [0, 0.05) is 28.3 Å². The first-order chi connectivity index (χ1) is 9.15. The molecule has 0 aliphatic carbocycles. The van der Waals surface area contributed by atoms with Crippen LogP contribution in [-0.2, 0) is 5.33 Å². The molecule has 0 unspecified atom stereocenters. The number of benzene rings is 2. The van der Waals surface area contributed by atoms with Crippen LogP contribution in [0.2, 0.25) is 5.02 Å². The van der Waals surface area contributed by atoms with Crippen molar-refractivity contribution >= 4 is 38.9 Å². The lowest BCUT2D eigenvalue weighted by molar-refractivity contribution is 1.01. The highest BCUT2D eigenvalue weighted by Crippen LogP contribution is 2.32. The molecule has 0 saturated carbocycles. The number of alkyl halides is 1. The van der Waals surface area contributed by atoms with Gasteiger partial charge in [-0.1, -0.05) is 51.3 Å². The van der Waals surface area contributed by atoms with Crippen LogP contribution < -0.4 is 4.90 Å². The molecule has 0 aromatic heterocycles. The van der Waals surface area contributed by atoms with Gasteiger partial charge in [-0.05, 0) is 43.7 Å². The molecule has 0 amide bonds. The van der Waals surface area contributed by atoms with E-state index < -0.39 is 0 Å². The van der Waals surface area contributed by atoms with Crippen molar-refractivity contribution in [2.45, 2.75) is 19.2 Å². The minimum absolute atomic E-state index is 0.769. The molecule has 0 N–H and O–H groups in total. The van der Waals surface area contributed by atoms with E-state index in [-0.39, 0.29) is 0 Å². The van der Waals surface area contributed by atoms with Crippen LogP contribution in [0.1, 0.15) is 18.1 Å². The predicted molar refractivity (Wildman–Crippen MR) is 87.9 cm³/mol. The SMILES string of the molecule is CCN(c1ccc(C)cc1)c1cc(Cl)ccc1CBr. The summed E-state index contributed by atoms with van der Waals surface area (Å²) in [6.45, 7) is 5.16. The van der Waals surface area contributed by atoms with Crippen molar-refractivity contribution in [2.75, 3.05) is 11.4 Å². The Bertz CT molecular complexity index is 551. The van der Waals surface area contributed by atoms with Crippen LogP contribution >= 0.6 is 27.5 Å². The van der Waals surface area contributed by atoms with Gasteiger partial charge >= 0.3 is 0 Å². The van der Waals surface area contributed by atoms with E-state index in [1.54, 1.807) is 0 Å². The minimum Gasteiger partial charge on any atom is -0.341 e. The molecule has 100 valence electrons. The molecule has 19 heavy (non-hydrogen) atoms. The van der Waals surface area contributed by atoms with Gasteiger partial charge in [0.05, 0.1) is 0 Å². The zero-order valence-corrected chi connectivity index (χ0v) is 13.5. The second-order valence-electron chi connectivity index (χ2n) is 4.49. The number of hydrogen-bond donors (Lipinski definition) is 0. The molecule has 0 aliphatic rings. The Labute approximate surface area is 128 Å². The van der Waals surface area contributed by atoms with Gasteiger partial charge in [-0.2, -0.15) is 0 Å². The van der Waals surface area contributed by atoms with Crippen LogP contribution in [0, 0.1) is 6.92 Å². The fraction of sp³-hybridized carbons (Fsp3) is 0.250. The Morgan fingerprint density at radius 1 is 1.11 bits per heavy atom. The van der Waals surface area contributed by atoms with Crippen LogP contribution in [0.15, 0.2) is 42.5 Å². The predicted octanol–water partition coefficient (Wildman–Crippen LogP) is 5.70. The van der Waals surface area contributed by atoms with Gasteiger partial charge in [-0.3, -0.25) is 0 Å². The van der Waals surface area contributed by atoms with E-state index in [1.165, 1.54) is 16.8 Å². The first-order valence-corrected chi connectivity index (χ1v) is 7.84. The number of hydrogen-bond acceptors (Lipinski definition) is 1. The Balaban J connectivity index is 2.47. The summed E-state index contributed by atoms with van der Waals surface area (Å²) >= 11 is 9.69. The van der Waals surface area contributed by atoms with Gasteiger partial charge in [0.2, 0.25) is 0 Å². The Hall–Kier alpha value is -0.990. The number of nitrogens with zero attached hydrogens (tertiary/aromatic N) is 1. The first-order valence-electron chi connectivity index (χ1n) is 6.34. The van der Waals surface area contributed by atoms with E-state index in [4.69, 9.17) is 11.6 Å². The highest BCUT2D eigenvalue weighted by Gasteiger charge is 2.11. The summed E-state index contributed by atoms with van der Waals surface area (Å²) in [5, 5.41) is 1.59. The molecule has 0 atom stereocenters. The average molecular weight is 339 g/mol. The largest absolute Gasteiger partial charge is 0.341 e. The second-order valence-corrected chi connectivity index (χ2v) is 5.48. The van der Waals surface area contributed by atoms with Gasteiger partial charge in [-0.15, -0.1) is 0 Å². The quantitative estimate of drug-likeness (QED) is 0.646. The molecule has 0 bridgehead atoms. The minimum atomic E-state index is 0.769. The zero-order chi connectivity index (χ0) is 13.8. The molecule has 0 saturated heterocycles. The molecule has 0 spiro atoms. The topological polar surface area (TPSA) is 3.24 Å². The summed E-state index contributed by atoms with van der Waals surface area (Å²) in [4.78, 5) is 2.28. The summed E-state index contributed by atoms with van der Waals surface area (Å²) < 4.78 is 0.